The number of nitrogens with zero attached hydrogens (tertiary/aromatic N) is 1. The van der Waals surface area contributed by atoms with Crippen molar-refractivity contribution in [3.8, 4) is 6.07 Å². The quantitative estimate of drug-likeness (QED) is 0.738. The van der Waals surface area contributed by atoms with Crippen molar-refractivity contribution in [2.75, 3.05) is 5.32 Å². The molecule has 0 atom stereocenters. The molecule has 0 fully saturated rings. The second kappa shape index (κ2) is 6.70. The number of hydrogen-bond donors (Lipinski definition) is 1. The van der Waals surface area contributed by atoms with Crippen LogP contribution in [0.15, 0.2) is 42.5 Å². The van der Waals surface area contributed by atoms with Gasteiger partial charge in [-0.1, -0.05) is 42.5 Å². The van der Waals surface area contributed by atoms with Crippen LogP contribution in [0.3, 0.4) is 0 Å². The molecule has 0 saturated carbocycles. The van der Waals surface area contributed by atoms with Crippen LogP contribution < -0.4 is 5.32 Å². The number of nitrogens with one attached hydrogen (secondary N) is 1. The van der Waals surface area contributed by atoms with E-state index in [9.17, 15) is 10.1 Å². The van der Waals surface area contributed by atoms with Gasteiger partial charge < -0.3 is 5.32 Å². The van der Waals surface area contributed by atoms with Crippen LogP contribution >= 0.6 is 11.3 Å². The Morgan fingerprint density at radius 2 is 1.92 bits per heavy atom. The van der Waals surface area contributed by atoms with Gasteiger partial charge in [0.15, 0.2) is 0 Å². The summed E-state index contributed by atoms with van der Waals surface area (Å²) in [5.74, 6) is -0.0635. The van der Waals surface area contributed by atoms with Crippen molar-refractivity contribution < 1.29 is 4.79 Å². The minimum absolute atomic E-state index is 0.0635. The molecule has 1 aliphatic carbocycles. The van der Waals surface area contributed by atoms with Gasteiger partial charge in [-0.3, -0.25) is 4.79 Å². The number of anilines is 1. The smallest absolute Gasteiger partial charge is 0.229 e. The van der Waals surface area contributed by atoms with Crippen molar-refractivity contribution in [1.29, 1.82) is 5.26 Å². The van der Waals surface area contributed by atoms with E-state index in [1.165, 1.54) is 11.3 Å². The average molecular weight is 346 g/mol. The molecule has 0 spiro atoms. The van der Waals surface area contributed by atoms with Crippen LogP contribution in [0.5, 0.6) is 0 Å². The van der Waals surface area contributed by atoms with Gasteiger partial charge >= 0.3 is 0 Å². The van der Waals surface area contributed by atoms with Crippen LogP contribution in [0.4, 0.5) is 5.00 Å². The summed E-state index contributed by atoms with van der Waals surface area (Å²) in [7, 11) is 0. The number of carbonyl (C=O) groups is 1. The highest BCUT2D eigenvalue weighted by atomic mass is 32.1. The molecule has 3 nitrogen and oxygen atoms in total. The summed E-state index contributed by atoms with van der Waals surface area (Å²) in [6.07, 6.45) is 4.58. The molecule has 1 aliphatic rings. The van der Waals surface area contributed by atoms with E-state index < -0.39 is 0 Å². The van der Waals surface area contributed by atoms with Gasteiger partial charge in [0.05, 0.1) is 12.0 Å². The number of rotatable bonds is 3. The van der Waals surface area contributed by atoms with Gasteiger partial charge in [0.1, 0.15) is 11.1 Å². The van der Waals surface area contributed by atoms with Crippen molar-refractivity contribution in [3.05, 3.63) is 64.0 Å². The van der Waals surface area contributed by atoms with Crippen molar-refractivity contribution in [2.24, 2.45) is 0 Å². The molecule has 1 N–H and O–H groups in total. The van der Waals surface area contributed by atoms with Crippen LogP contribution in [0.2, 0.25) is 0 Å². The fourth-order valence-electron chi connectivity index (χ4n) is 3.56. The van der Waals surface area contributed by atoms with E-state index in [0.717, 1.165) is 46.2 Å². The van der Waals surface area contributed by atoms with Crippen molar-refractivity contribution in [1.82, 2.24) is 0 Å². The summed E-state index contributed by atoms with van der Waals surface area (Å²) in [5.41, 5.74) is 2.83. The van der Waals surface area contributed by atoms with E-state index in [-0.39, 0.29) is 5.91 Å². The van der Waals surface area contributed by atoms with E-state index in [0.29, 0.717) is 12.0 Å². The molecule has 0 saturated heterocycles. The molecule has 4 rings (SSSR count). The maximum atomic E-state index is 12.6. The lowest BCUT2D eigenvalue weighted by Crippen LogP contribution is -2.14. The molecule has 25 heavy (non-hydrogen) atoms. The van der Waals surface area contributed by atoms with Crippen molar-refractivity contribution in [2.45, 2.75) is 32.1 Å². The Morgan fingerprint density at radius 1 is 1.12 bits per heavy atom. The molecule has 1 aromatic heterocycles. The number of fused-ring (bicyclic) bond motifs is 2. The molecular formula is C21H18N2OS. The number of hydrogen-bond acceptors (Lipinski definition) is 3. The van der Waals surface area contributed by atoms with Gasteiger partial charge in [0, 0.05) is 4.88 Å². The van der Waals surface area contributed by atoms with E-state index in [4.69, 9.17) is 0 Å². The molecule has 4 heteroatoms. The zero-order valence-corrected chi connectivity index (χ0v) is 14.7. The lowest BCUT2D eigenvalue weighted by molar-refractivity contribution is -0.115. The zero-order chi connectivity index (χ0) is 17.2. The van der Waals surface area contributed by atoms with E-state index in [1.807, 2.05) is 30.3 Å². The Balaban J connectivity index is 1.59. The first-order chi connectivity index (χ1) is 12.3. The first kappa shape index (κ1) is 15.9. The fraction of sp³-hybridized carbons (Fsp3) is 0.238. The van der Waals surface area contributed by atoms with Crippen LogP contribution in [-0.2, 0) is 24.1 Å². The largest absolute Gasteiger partial charge is 0.316 e. The first-order valence-corrected chi connectivity index (χ1v) is 9.39. The van der Waals surface area contributed by atoms with E-state index in [2.05, 4.69) is 23.5 Å². The van der Waals surface area contributed by atoms with Crippen LogP contribution in [-0.4, -0.2) is 5.91 Å². The number of thiophene rings is 1. The molecule has 1 amide bonds. The Morgan fingerprint density at radius 3 is 2.80 bits per heavy atom. The first-order valence-electron chi connectivity index (χ1n) is 8.57. The third kappa shape index (κ3) is 3.04. The number of nitriles is 1. The molecule has 0 aliphatic heterocycles. The minimum atomic E-state index is -0.0635. The monoisotopic (exact) mass is 346 g/mol. The summed E-state index contributed by atoms with van der Waals surface area (Å²) in [4.78, 5) is 13.9. The molecule has 3 aromatic rings. The van der Waals surface area contributed by atoms with Crippen molar-refractivity contribution >= 4 is 33.0 Å². The lowest BCUT2D eigenvalue weighted by Gasteiger charge is -2.09. The number of benzene rings is 2. The van der Waals surface area contributed by atoms with E-state index in [1.54, 1.807) is 11.3 Å². The van der Waals surface area contributed by atoms with Crippen LogP contribution in [0.25, 0.3) is 10.8 Å². The van der Waals surface area contributed by atoms with Crippen LogP contribution in [0.1, 0.15) is 34.4 Å². The second-order valence-corrected chi connectivity index (χ2v) is 7.50. The standard InChI is InChI=1S/C21H18N2OS/c22-13-18-17-10-3-4-11-19(17)25-21(18)23-20(24)12-15-8-5-7-14-6-1-2-9-16(14)15/h1-2,5-9H,3-4,10-12H2,(H,23,24). The summed E-state index contributed by atoms with van der Waals surface area (Å²) >= 11 is 1.57. The maximum absolute atomic E-state index is 12.6. The normalized spacial score (nSPS) is 13.2. The molecule has 124 valence electrons. The summed E-state index contributed by atoms with van der Waals surface area (Å²) in [6, 6.07) is 16.4. The van der Waals surface area contributed by atoms with E-state index >= 15 is 0 Å². The highest BCUT2D eigenvalue weighted by molar-refractivity contribution is 7.16. The lowest BCUT2D eigenvalue weighted by atomic mass is 9.96. The fourth-order valence-corrected chi connectivity index (χ4v) is 4.82. The minimum Gasteiger partial charge on any atom is -0.316 e. The average Bonchev–Trinajstić information content (AvgIpc) is 2.98. The number of carbonyl (C=O) groups excluding carboxylic acids is 1. The highest BCUT2D eigenvalue weighted by Gasteiger charge is 2.21. The van der Waals surface area contributed by atoms with Crippen molar-refractivity contribution in [3.63, 3.8) is 0 Å². The SMILES string of the molecule is N#Cc1c(NC(=O)Cc2cccc3ccccc23)sc2c1CCCC2. The Kier molecular flexibility index (Phi) is 4.25. The molecule has 0 bridgehead atoms. The van der Waals surface area contributed by atoms with Gasteiger partial charge in [0.2, 0.25) is 5.91 Å². The number of aryl methyl sites for hydroxylation is 1. The van der Waals surface area contributed by atoms with Crippen LogP contribution in [0, 0.1) is 11.3 Å². The third-order valence-electron chi connectivity index (χ3n) is 4.77. The molecule has 0 radical (unpaired) electrons. The molecule has 1 heterocycles. The van der Waals surface area contributed by atoms with Gasteiger partial charge in [-0.15, -0.1) is 11.3 Å². The molecular weight excluding hydrogens is 328 g/mol. The van der Waals surface area contributed by atoms with Gasteiger partial charge in [-0.25, -0.2) is 0 Å². The predicted molar refractivity (Wildman–Crippen MR) is 102 cm³/mol. The maximum Gasteiger partial charge on any atom is 0.229 e. The second-order valence-electron chi connectivity index (χ2n) is 6.39. The summed E-state index contributed by atoms with van der Waals surface area (Å²) in [6.45, 7) is 0. The Hall–Kier alpha value is -2.64. The Bertz CT molecular complexity index is 992. The molecule has 2 aromatic carbocycles. The number of amides is 1. The van der Waals surface area contributed by atoms with Gasteiger partial charge in [-0.2, -0.15) is 5.26 Å². The zero-order valence-electron chi connectivity index (χ0n) is 13.8. The third-order valence-corrected chi connectivity index (χ3v) is 5.97. The Labute approximate surface area is 150 Å². The summed E-state index contributed by atoms with van der Waals surface area (Å²) < 4.78 is 0. The molecule has 0 unspecified atom stereocenters. The highest BCUT2D eigenvalue weighted by Crippen LogP contribution is 2.37. The summed E-state index contributed by atoms with van der Waals surface area (Å²) in [5, 5.41) is 15.5. The van der Waals surface area contributed by atoms with Gasteiger partial charge in [-0.05, 0) is 47.6 Å². The topological polar surface area (TPSA) is 52.9 Å². The predicted octanol–water partition coefficient (Wildman–Crippen LogP) is 4.83. The van der Waals surface area contributed by atoms with Gasteiger partial charge in [0.25, 0.3) is 0 Å².